The van der Waals surface area contributed by atoms with E-state index in [9.17, 15) is 10.2 Å². The van der Waals surface area contributed by atoms with Crippen molar-refractivity contribution in [3.8, 4) is 0 Å². The average molecular weight is 1030 g/mol. The number of aliphatic hydroxyl groups excluding tert-OH is 1. The van der Waals surface area contributed by atoms with Gasteiger partial charge in [-0.25, -0.2) is 0 Å². The third-order valence-electron chi connectivity index (χ3n) is 18.3. The van der Waals surface area contributed by atoms with Gasteiger partial charge >= 0.3 is 0 Å². The van der Waals surface area contributed by atoms with Crippen LogP contribution in [0.5, 0.6) is 0 Å². The Kier molecular flexibility index (Phi) is 15.2. The first-order chi connectivity index (χ1) is 31.2. The molecule has 2 aliphatic carbocycles. The lowest BCUT2D eigenvalue weighted by atomic mass is 9.45. The lowest BCUT2D eigenvalue weighted by Gasteiger charge is -2.70. The Hall–Kier alpha value is -1.13. The smallest absolute Gasteiger partial charge is 0.261 e. The van der Waals surface area contributed by atoms with Crippen LogP contribution in [0.2, 0.25) is 59.4 Å². The monoisotopic (exact) mass is 1030 g/mol. The van der Waals surface area contributed by atoms with Crippen LogP contribution in [0, 0.1) is 11.3 Å². The predicted octanol–water partition coefficient (Wildman–Crippen LogP) is 10.1. The van der Waals surface area contributed by atoms with Crippen LogP contribution in [0.1, 0.15) is 111 Å². The zero-order chi connectivity index (χ0) is 52.3. The molecule has 2 saturated heterocycles. The molecule has 2 aliphatic heterocycles. The molecular formula is C54H94O11Si4. The second kappa shape index (κ2) is 18.3. The molecule has 1 spiro atoms. The van der Waals surface area contributed by atoms with Crippen LogP contribution < -0.4 is 10.4 Å². The van der Waals surface area contributed by atoms with Gasteiger partial charge in [0.1, 0.15) is 36.3 Å². The quantitative estimate of drug-likeness (QED) is 0.131. The molecule has 2 aromatic rings. The van der Waals surface area contributed by atoms with Crippen LogP contribution >= 0.6 is 0 Å². The number of methoxy groups -OCH3 is 1. The SMILES string of the molecule is COCO[C@@H]1[C@H]2[C@H]3OC(C)(C)O[C@H]3[C@]3(CO[Si](C)(C)C(C)(C)C)[C@@H](O[Si](C)(C)C(C)(C)C)[C@@H](O[Si](C)(C)C(C)(C)C)[C@H](O)[C@](C)(O)[C@@]13O[C@@]2(C)CO[Si](c1ccccc1)(c1ccccc1)C(C)(C)C. The topological polar surface area (TPSA) is 124 Å². The van der Waals surface area contributed by atoms with E-state index in [1.165, 1.54) is 0 Å². The number of rotatable bonds is 15. The molecule has 0 amide bonds. The second-order valence-corrected chi connectivity index (χ2v) is 46.1. The van der Waals surface area contributed by atoms with Crippen molar-refractivity contribution in [3.63, 3.8) is 0 Å². The predicted molar refractivity (Wildman–Crippen MR) is 286 cm³/mol. The minimum Gasteiger partial charge on any atom is -0.416 e. The normalized spacial score (nSPS) is 34.4. The van der Waals surface area contributed by atoms with E-state index in [-0.39, 0.29) is 40.2 Å². The molecule has 4 fully saturated rings. The van der Waals surface area contributed by atoms with E-state index in [0.717, 1.165) is 10.4 Å². The number of ether oxygens (including phenoxy) is 5. The summed E-state index contributed by atoms with van der Waals surface area (Å²) in [6.07, 6.45) is -5.98. The fourth-order valence-corrected chi connectivity index (χ4v) is 19.8. The fraction of sp³-hybridized carbons (Fsp3) is 0.778. The zero-order valence-corrected chi connectivity index (χ0v) is 51.0. The average Bonchev–Trinajstić information content (AvgIpc) is 3.65. The molecule has 11 nitrogen and oxygen atoms in total. The molecule has 4 aliphatic rings. The van der Waals surface area contributed by atoms with Gasteiger partial charge in [-0.05, 0) is 97.5 Å². The Morgan fingerprint density at radius 2 is 1.09 bits per heavy atom. The van der Waals surface area contributed by atoms with Crippen molar-refractivity contribution in [2.45, 2.75) is 229 Å². The lowest BCUT2D eigenvalue weighted by molar-refractivity contribution is -0.383. The maximum Gasteiger partial charge on any atom is 0.261 e. The van der Waals surface area contributed by atoms with Gasteiger partial charge in [0.15, 0.2) is 30.7 Å². The molecule has 2 bridgehead atoms. The number of hydrogen-bond acceptors (Lipinski definition) is 11. The van der Waals surface area contributed by atoms with Crippen LogP contribution in [-0.2, 0) is 41.4 Å². The number of aliphatic hydroxyl groups is 2. The Morgan fingerprint density at radius 3 is 1.54 bits per heavy atom. The van der Waals surface area contributed by atoms with Crippen molar-refractivity contribution in [1.82, 2.24) is 0 Å². The molecule has 2 saturated carbocycles. The van der Waals surface area contributed by atoms with E-state index in [1.807, 2.05) is 26.0 Å². The third kappa shape index (κ3) is 9.20. The Balaban J connectivity index is 1.74. The van der Waals surface area contributed by atoms with Crippen molar-refractivity contribution in [2.75, 3.05) is 27.1 Å². The molecule has 2 N–H and O–H groups in total. The summed E-state index contributed by atoms with van der Waals surface area (Å²) in [5.41, 5.74) is -6.58. The first-order valence-electron chi connectivity index (χ1n) is 25.5. The molecule has 11 atom stereocenters. The summed E-state index contributed by atoms with van der Waals surface area (Å²) in [5, 5.41) is 28.9. The van der Waals surface area contributed by atoms with E-state index in [2.05, 4.69) is 178 Å². The fourth-order valence-electron chi connectivity index (χ4n) is 11.4. The molecular weight excluding hydrogens is 937 g/mol. The van der Waals surface area contributed by atoms with Crippen molar-refractivity contribution in [2.24, 2.45) is 11.3 Å². The number of hydrogen-bond donors (Lipinski definition) is 2. The molecule has 2 aromatic carbocycles. The molecule has 0 radical (unpaired) electrons. The lowest BCUT2D eigenvalue weighted by Crippen LogP contribution is -2.89. The zero-order valence-electron chi connectivity index (χ0n) is 47.0. The number of fused-ring (bicyclic) bond motifs is 4. The van der Waals surface area contributed by atoms with Crippen molar-refractivity contribution in [1.29, 1.82) is 0 Å². The minimum absolute atomic E-state index is 0.0365. The summed E-state index contributed by atoms with van der Waals surface area (Å²) >= 11 is 0. The van der Waals surface area contributed by atoms with Gasteiger partial charge in [-0.15, -0.1) is 0 Å². The molecule has 2 heterocycles. The molecule has 392 valence electrons. The highest BCUT2D eigenvalue weighted by Gasteiger charge is 2.90. The van der Waals surface area contributed by atoms with Gasteiger partial charge in [-0.1, -0.05) is 144 Å². The standard InChI is InChI=1S/C54H94O11Si4/c1-46(2,3)66(18,19)59-35-53-44-40(61-50(13,14)62-44)39-43(58-36-57-17)54(53,52(16,56)42(55)41(63-67(20,21)47(4,5)6)45(53)64-68(22,23)48(7,8)9)65-51(39,15)34-60-69(49(10,11)12,37-30-26-24-27-31-37)38-32-28-25-29-33-38/h24-33,39-45,55-56H,34-36H2,1-23H3/t39-,40-,41+,42+,43-,44-,45+,51+,52+,53-,54+/m1/s1. The Bertz CT molecular complexity index is 2050. The van der Waals surface area contributed by atoms with E-state index < -0.39 is 104 Å². The Labute approximate surface area is 421 Å². The van der Waals surface area contributed by atoms with Crippen LogP contribution in [-0.4, -0.2) is 130 Å². The molecule has 0 unspecified atom stereocenters. The largest absolute Gasteiger partial charge is 0.416 e. The highest BCUT2D eigenvalue weighted by Crippen LogP contribution is 2.72. The molecule has 6 rings (SSSR count). The van der Waals surface area contributed by atoms with E-state index in [4.69, 9.17) is 41.4 Å². The first kappa shape index (κ1) is 57.2. The van der Waals surface area contributed by atoms with Crippen molar-refractivity contribution in [3.05, 3.63) is 60.7 Å². The van der Waals surface area contributed by atoms with E-state index >= 15 is 0 Å². The van der Waals surface area contributed by atoms with Gasteiger partial charge in [0.2, 0.25) is 0 Å². The maximum atomic E-state index is 14.2. The number of benzene rings is 2. The van der Waals surface area contributed by atoms with E-state index in [1.54, 1.807) is 14.0 Å². The molecule has 0 aromatic heterocycles. The minimum atomic E-state index is -3.20. The van der Waals surface area contributed by atoms with Gasteiger partial charge in [0.25, 0.3) is 8.32 Å². The summed E-state index contributed by atoms with van der Waals surface area (Å²) in [7, 11) is -9.83. The van der Waals surface area contributed by atoms with Crippen molar-refractivity contribution < 1.29 is 51.6 Å². The highest BCUT2D eigenvalue weighted by atomic mass is 28.4. The Morgan fingerprint density at radius 1 is 0.609 bits per heavy atom. The maximum absolute atomic E-state index is 14.2. The summed E-state index contributed by atoms with van der Waals surface area (Å²) in [6, 6.07) is 21.2. The van der Waals surface area contributed by atoms with Crippen LogP contribution in [0.25, 0.3) is 0 Å². The summed E-state index contributed by atoms with van der Waals surface area (Å²) < 4.78 is 67.0. The van der Waals surface area contributed by atoms with Crippen molar-refractivity contribution >= 4 is 43.6 Å². The van der Waals surface area contributed by atoms with Gasteiger partial charge in [0, 0.05) is 19.6 Å². The summed E-state index contributed by atoms with van der Waals surface area (Å²) in [6.45, 7) is 47.8. The van der Waals surface area contributed by atoms with Gasteiger partial charge in [-0.3, -0.25) is 0 Å². The molecule has 15 heteroatoms. The van der Waals surface area contributed by atoms with Crippen LogP contribution in [0.4, 0.5) is 0 Å². The van der Waals surface area contributed by atoms with Gasteiger partial charge < -0.3 is 51.6 Å². The van der Waals surface area contributed by atoms with Gasteiger partial charge in [0.05, 0.1) is 35.9 Å². The summed E-state index contributed by atoms with van der Waals surface area (Å²) in [4.78, 5) is 0. The van der Waals surface area contributed by atoms with E-state index in [0.29, 0.717) is 0 Å². The highest BCUT2D eigenvalue weighted by molar-refractivity contribution is 6.99. The second-order valence-electron chi connectivity index (χ2n) is 27.5. The van der Waals surface area contributed by atoms with Gasteiger partial charge in [-0.2, -0.15) is 0 Å². The van der Waals surface area contributed by atoms with Crippen LogP contribution in [0.3, 0.4) is 0 Å². The first-order valence-corrected chi connectivity index (χ1v) is 36.1. The molecule has 69 heavy (non-hydrogen) atoms. The summed E-state index contributed by atoms with van der Waals surface area (Å²) in [5.74, 6) is -1.72. The third-order valence-corrected chi connectivity index (χ3v) is 36.6. The van der Waals surface area contributed by atoms with Crippen LogP contribution in [0.15, 0.2) is 60.7 Å².